The van der Waals surface area contributed by atoms with E-state index in [9.17, 15) is 14.4 Å². The fraction of sp³-hybridized carbons (Fsp3) is 0.471. The molecular weight excluding hydrogens is 330 g/mol. The maximum absolute atomic E-state index is 12.8. The summed E-state index contributed by atoms with van der Waals surface area (Å²) in [6.07, 6.45) is 3.47. The lowest BCUT2D eigenvalue weighted by molar-refractivity contribution is -0.136. The maximum atomic E-state index is 12.8. The van der Waals surface area contributed by atoms with Gasteiger partial charge in [0.25, 0.3) is 5.91 Å². The van der Waals surface area contributed by atoms with Crippen molar-refractivity contribution in [1.29, 1.82) is 0 Å². The van der Waals surface area contributed by atoms with Gasteiger partial charge in [-0.15, -0.1) is 0 Å². The molecule has 0 radical (unpaired) electrons. The molecule has 3 rings (SSSR count). The third-order valence-electron chi connectivity index (χ3n) is 4.95. The molecule has 1 aliphatic heterocycles. The molecular formula is C17H20ClN3O3. The number of nitrogens with zero attached hydrogens (tertiary/aromatic N) is 1. The van der Waals surface area contributed by atoms with Gasteiger partial charge in [-0.25, -0.2) is 4.79 Å². The summed E-state index contributed by atoms with van der Waals surface area (Å²) in [5, 5.41) is 5.87. The van der Waals surface area contributed by atoms with Crippen LogP contribution in [0.2, 0.25) is 5.02 Å². The van der Waals surface area contributed by atoms with E-state index in [4.69, 9.17) is 11.6 Å². The lowest BCUT2D eigenvalue weighted by atomic mass is 9.73. The van der Waals surface area contributed by atoms with Crippen LogP contribution in [0.25, 0.3) is 0 Å². The second kappa shape index (κ2) is 6.43. The molecule has 0 bridgehead atoms. The van der Waals surface area contributed by atoms with E-state index in [0.717, 1.165) is 24.2 Å². The van der Waals surface area contributed by atoms with Gasteiger partial charge >= 0.3 is 6.03 Å². The molecule has 4 amide bonds. The van der Waals surface area contributed by atoms with Crippen LogP contribution in [0.3, 0.4) is 0 Å². The highest BCUT2D eigenvalue weighted by Gasteiger charge is 2.55. The second-order valence-corrected chi connectivity index (χ2v) is 6.87. The lowest BCUT2D eigenvalue weighted by Gasteiger charge is -2.36. The van der Waals surface area contributed by atoms with Crippen LogP contribution in [0, 0.1) is 5.92 Å². The van der Waals surface area contributed by atoms with Gasteiger partial charge in [-0.3, -0.25) is 14.5 Å². The van der Waals surface area contributed by atoms with E-state index in [-0.39, 0.29) is 18.4 Å². The number of urea groups is 1. The van der Waals surface area contributed by atoms with Crippen molar-refractivity contribution in [2.45, 2.75) is 38.1 Å². The van der Waals surface area contributed by atoms with Crippen LogP contribution < -0.4 is 10.6 Å². The Labute approximate surface area is 145 Å². The molecule has 2 aliphatic rings. The SMILES string of the molecule is C[C@H]1CCCC[C@]12NC(=O)N(CC(=O)Nc1ccccc1Cl)C2=O. The summed E-state index contributed by atoms with van der Waals surface area (Å²) in [6.45, 7) is 1.66. The number of imide groups is 1. The van der Waals surface area contributed by atoms with E-state index < -0.39 is 17.5 Å². The third kappa shape index (κ3) is 2.86. The molecule has 1 aromatic rings. The van der Waals surface area contributed by atoms with Gasteiger partial charge in [0, 0.05) is 0 Å². The highest BCUT2D eigenvalue weighted by molar-refractivity contribution is 6.33. The number of hydrogen-bond donors (Lipinski definition) is 2. The topological polar surface area (TPSA) is 78.5 Å². The minimum atomic E-state index is -0.847. The molecule has 24 heavy (non-hydrogen) atoms. The third-order valence-corrected chi connectivity index (χ3v) is 5.28. The molecule has 1 heterocycles. The summed E-state index contributed by atoms with van der Waals surface area (Å²) in [6, 6.07) is 6.32. The van der Waals surface area contributed by atoms with Gasteiger partial charge in [-0.2, -0.15) is 0 Å². The van der Waals surface area contributed by atoms with E-state index in [1.165, 1.54) is 0 Å². The van der Waals surface area contributed by atoms with Crippen molar-refractivity contribution < 1.29 is 14.4 Å². The van der Waals surface area contributed by atoms with Crippen LogP contribution in [0.1, 0.15) is 32.6 Å². The van der Waals surface area contributed by atoms with Gasteiger partial charge in [0.1, 0.15) is 12.1 Å². The highest BCUT2D eigenvalue weighted by atomic mass is 35.5. The molecule has 2 N–H and O–H groups in total. The summed E-state index contributed by atoms with van der Waals surface area (Å²) < 4.78 is 0. The minimum Gasteiger partial charge on any atom is -0.323 e. The number of benzene rings is 1. The molecule has 0 unspecified atom stereocenters. The molecule has 1 aliphatic carbocycles. The summed E-state index contributed by atoms with van der Waals surface area (Å²) in [7, 11) is 0. The van der Waals surface area contributed by atoms with Crippen molar-refractivity contribution in [3.8, 4) is 0 Å². The first-order valence-electron chi connectivity index (χ1n) is 8.12. The number of hydrogen-bond acceptors (Lipinski definition) is 3. The molecule has 0 aromatic heterocycles. The Morgan fingerprint density at radius 3 is 2.83 bits per heavy atom. The number of nitrogens with one attached hydrogen (secondary N) is 2. The molecule has 128 valence electrons. The molecule has 1 spiro atoms. The zero-order valence-electron chi connectivity index (χ0n) is 13.5. The van der Waals surface area contributed by atoms with Crippen molar-refractivity contribution >= 4 is 35.1 Å². The lowest BCUT2D eigenvalue weighted by Crippen LogP contribution is -2.54. The van der Waals surface area contributed by atoms with Crippen LogP contribution in [0.15, 0.2) is 24.3 Å². The molecule has 1 saturated carbocycles. The average molecular weight is 350 g/mol. The number of halogens is 1. The van der Waals surface area contributed by atoms with Gasteiger partial charge < -0.3 is 10.6 Å². The molecule has 1 saturated heterocycles. The first-order valence-corrected chi connectivity index (χ1v) is 8.50. The van der Waals surface area contributed by atoms with E-state index in [0.29, 0.717) is 17.1 Å². The van der Waals surface area contributed by atoms with E-state index >= 15 is 0 Å². The highest BCUT2D eigenvalue weighted by Crippen LogP contribution is 2.38. The zero-order valence-corrected chi connectivity index (χ0v) is 14.2. The van der Waals surface area contributed by atoms with Crippen molar-refractivity contribution in [2.24, 2.45) is 5.92 Å². The largest absolute Gasteiger partial charge is 0.325 e. The number of rotatable bonds is 3. The fourth-order valence-corrected chi connectivity index (χ4v) is 3.72. The van der Waals surface area contributed by atoms with Gasteiger partial charge in [0.15, 0.2) is 0 Å². The van der Waals surface area contributed by atoms with Gasteiger partial charge in [0.2, 0.25) is 5.91 Å². The van der Waals surface area contributed by atoms with Crippen LogP contribution in [0.4, 0.5) is 10.5 Å². The Balaban J connectivity index is 1.71. The average Bonchev–Trinajstić information content (AvgIpc) is 2.78. The Kier molecular flexibility index (Phi) is 4.49. The van der Waals surface area contributed by atoms with Crippen LogP contribution >= 0.6 is 11.6 Å². The second-order valence-electron chi connectivity index (χ2n) is 6.47. The summed E-state index contributed by atoms with van der Waals surface area (Å²) in [4.78, 5) is 38.3. The molecule has 1 aromatic carbocycles. The van der Waals surface area contributed by atoms with Gasteiger partial charge in [-0.1, -0.05) is 43.5 Å². The molecule has 2 fully saturated rings. The summed E-state index contributed by atoms with van der Waals surface area (Å²) in [5.74, 6) is -0.680. The summed E-state index contributed by atoms with van der Waals surface area (Å²) >= 11 is 6.00. The number of carbonyl (C=O) groups excluding carboxylic acids is 3. The number of amides is 4. The normalized spacial score (nSPS) is 26.6. The van der Waals surface area contributed by atoms with E-state index in [2.05, 4.69) is 10.6 Å². The monoisotopic (exact) mass is 349 g/mol. The van der Waals surface area contributed by atoms with Crippen LogP contribution in [0.5, 0.6) is 0 Å². The quantitative estimate of drug-likeness (QED) is 0.823. The zero-order chi connectivity index (χ0) is 17.3. The predicted octanol–water partition coefficient (Wildman–Crippen LogP) is 2.78. The molecule has 2 atom stereocenters. The van der Waals surface area contributed by atoms with E-state index in [1.807, 2.05) is 6.92 Å². The smallest absolute Gasteiger partial charge is 0.323 e. The summed E-state index contributed by atoms with van der Waals surface area (Å²) in [5.41, 5.74) is -0.392. The molecule has 7 heteroatoms. The standard InChI is InChI=1S/C17H20ClN3O3/c1-11-6-4-5-9-17(11)15(23)21(16(24)20-17)10-14(22)19-13-8-3-2-7-12(13)18/h2-3,7-8,11H,4-6,9-10H2,1H3,(H,19,22)(H,20,24)/t11-,17-/m0/s1. The Bertz CT molecular complexity index is 693. The number of para-hydroxylation sites is 1. The van der Waals surface area contributed by atoms with Crippen molar-refractivity contribution in [2.75, 3.05) is 11.9 Å². The Morgan fingerprint density at radius 1 is 1.38 bits per heavy atom. The first-order chi connectivity index (χ1) is 11.4. The maximum Gasteiger partial charge on any atom is 0.325 e. The number of anilines is 1. The Hall–Kier alpha value is -2.08. The fourth-order valence-electron chi connectivity index (χ4n) is 3.53. The van der Waals surface area contributed by atoms with Gasteiger partial charge in [0.05, 0.1) is 10.7 Å². The van der Waals surface area contributed by atoms with E-state index in [1.54, 1.807) is 24.3 Å². The predicted molar refractivity (Wildman–Crippen MR) is 90.7 cm³/mol. The Morgan fingerprint density at radius 2 is 2.12 bits per heavy atom. The van der Waals surface area contributed by atoms with Crippen molar-refractivity contribution in [1.82, 2.24) is 10.2 Å². The van der Waals surface area contributed by atoms with Crippen molar-refractivity contribution in [3.63, 3.8) is 0 Å². The van der Waals surface area contributed by atoms with Crippen molar-refractivity contribution in [3.05, 3.63) is 29.3 Å². The first kappa shape index (κ1) is 16.8. The van der Waals surface area contributed by atoms with Gasteiger partial charge in [-0.05, 0) is 30.9 Å². The number of carbonyl (C=O) groups is 3. The van der Waals surface area contributed by atoms with Crippen LogP contribution in [-0.2, 0) is 9.59 Å². The molecule has 6 nitrogen and oxygen atoms in total. The minimum absolute atomic E-state index is 0.0688. The van der Waals surface area contributed by atoms with Crippen LogP contribution in [-0.4, -0.2) is 34.8 Å².